The lowest BCUT2D eigenvalue weighted by molar-refractivity contribution is 0.0756. The monoisotopic (exact) mass is 298 g/mol. The number of carbonyl (C=O) groups excluding carboxylic acids is 1. The fourth-order valence-electron chi connectivity index (χ4n) is 2.70. The second kappa shape index (κ2) is 6.09. The number of methoxy groups -OCH3 is 1. The third-order valence-corrected chi connectivity index (χ3v) is 3.83. The molecule has 1 aliphatic rings. The smallest absolute Gasteiger partial charge is 0.272 e. The number of fused-ring (bicyclic) bond motifs is 1. The number of rotatable bonds is 2. The zero-order chi connectivity index (χ0) is 15.5. The van der Waals surface area contributed by atoms with Crippen molar-refractivity contribution in [2.24, 2.45) is 0 Å². The van der Waals surface area contributed by atoms with Crippen LogP contribution in [0.1, 0.15) is 27.4 Å². The maximum Gasteiger partial charge on any atom is 0.272 e. The fourth-order valence-corrected chi connectivity index (χ4v) is 2.70. The Balaban J connectivity index is 1.81. The van der Waals surface area contributed by atoms with Crippen LogP contribution in [0.5, 0.6) is 5.88 Å². The third-order valence-electron chi connectivity index (χ3n) is 3.83. The molecule has 0 radical (unpaired) electrons. The van der Waals surface area contributed by atoms with Crippen molar-refractivity contribution in [1.29, 1.82) is 0 Å². The van der Waals surface area contributed by atoms with Gasteiger partial charge in [-0.25, -0.2) is 15.0 Å². The first-order valence-corrected chi connectivity index (χ1v) is 7.28. The minimum absolute atomic E-state index is 0.0385. The van der Waals surface area contributed by atoms with Crippen LogP contribution in [-0.4, -0.2) is 46.0 Å². The average Bonchev–Trinajstić information content (AvgIpc) is 2.76. The molecule has 0 bridgehead atoms. The van der Waals surface area contributed by atoms with Crippen LogP contribution in [0.3, 0.4) is 0 Å². The van der Waals surface area contributed by atoms with Crippen LogP contribution < -0.4 is 4.74 Å². The van der Waals surface area contributed by atoms with Gasteiger partial charge in [0.1, 0.15) is 12.0 Å². The van der Waals surface area contributed by atoms with Crippen LogP contribution in [0.25, 0.3) is 0 Å². The molecule has 0 aliphatic carbocycles. The van der Waals surface area contributed by atoms with Gasteiger partial charge >= 0.3 is 0 Å². The van der Waals surface area contributed by atoms with Crippen molar-refractivity contribution >= 4 is 5.91 Å². The minimum atomic E-state index is -0.0385. The minimum Gasteiger partial charge on any atom is -0.481 e. The molecule has 2 aromatic heterocycles. The largest absolute Gasteiger partial charge is 0.481 e. The summed E-state index contributed by atoms with van der Waals surface area (Å²) in [6.45, 7) is 3.13. The van der Waals surface area contributed by atoms with E-state index in [9.17, 15) is 4.79 Å². The van der Waals surface area contributed by atoms with E-state index in [1.54, 1.807) is 13.2 Å². The molecular formula is C16H18N4O2. The predicted octanol–water partition coefficient (Wildman–Crippen LogP) is 1.43. The summed E-state index contributed by atoms with van der Waals surface area (Å²) in [4.78, 5) is 27.2. The molecule has 3 heterocycles. The lowest BCUT2D eigenvalue weighted by atomic mass is 10.1. The van der Waals surface area contributed by atoms with E-state index in [4.69, 9.17) is 4.74 Å². The Morgan fingerprint density at radius 3 is 2.82 bits per heavy atom. The van der Waals surface area contributed by atoms with Crippen LogP contribution in [0, 0.1) is 6.92 Å². The number of aromatic nitrogens is 3. The molecule has 6 nitrogen and oxygen atoms in total. The Morgan fingerprint density at radius 1 is 1.23 bits per heavy atom. The summed E-state index contributed by atoms with van der Waals surface area (Å²) >= 11 is 0. The van der Waals surface area contributed by atoms with E-state index in [-0.39, 0.29) is 5.91 Å². The molecule has 0 atom stereocenters. The average molecular weight is 298 g/mol. The van der Waals surface area contributed by atoms with Crippen molar-refractivity contribution in [3.8, 4) is 5.88 Å². The third kappa shape index (κ3) is 2.77. The van der Waals surface area contributed by atoms with Gasteiger partial charge in [-0.3, -0.25) is 4.79 Å². The van der Waals surface area contributed by atoms with E-state index in [2.05, 4.69) is 15.0 Å². The van der Waals surface area contributed by atoms with Crippen molar-refractivity contribution in [2.75, 3.05) is 20.2 Å². The first kappa shape index (κ1) is 14.4. The van der Waals surface area contributed by atoms with E-state index in [0.717, 1.165) is 17.0 Å². The summed E-state index contributed by atoms with van der Waals surface area (Å²) < 4.78 is 5.30. The topological polar surface area (TPSA) is 68.2 Å². The van der Waals surface area contributed by atoms with Crippen LogP contribution >= 0.6 is 0 Å². The number of carbonyl (C=O) groups is 1. The van der Waals surface area contributed by atoms with Gasteiger partial charge < -0.3 is 9.64 Å². The Bertz CT molecular complexity index is 702. The fraction of sp³-hybridized carbons (Fsp3) is 0.375. The zero-order valence-electron chi connectivity index (χ0n) is 12.7. The van der Waals surface area contributed by atoms with E-state index >= 15 is 0 Å². The molecule has 0 spiro atoms. The molecule has 0 N–H and O–H groups in total. The molecule has 0 aromatic carbocycles. The second-order valence-corrected chi connectivity index (χ2v) is 5.26. The summed E-state index contributed by atoms with van der Waals surface area (Å²) in [6.07, 6.45) is 2.90. The van der Waals surface area contributed by atoms with Gasteiger partial charge in [-0.15, -0.1) is 0 Å². The molecule has 6 heteroatoms. The molecule has 1 amide bonds. The summed E-state index contributed by atoms with van der Waals surface area (Å²) in [5, 5.41) is 0. The second-order valence-electron chi connectivity index (χ2n) is 5.26. The van der Waals surface area contributed by atoms with Gasteiger partial charge in [0.15, 0.2) is 0 Å². The van der Waals surface area contributed by atoms with Gasteiger partial charge in [0.25, 0.3) is 5.91 Å². The molecule has 22 heavy (non-hydrogen) atoms. The maximum atomic E-state index is 12.6. The molecule has 0 unspecified atom stereocenters. The molecule has 2 aromatic rings. The molecule has 3 rings (SSSR count). The highest BCUT2D eigenvalue weighted by Gasteiger charge is 2.23. The van der Waals surface area contributed by atoms with Gasteiger partial charge in [0.2, 0.25) is 5.88 Å². The summed E-state index contributed by atoms with van der Waals surface area (Å²) in [5.74, 6) is 0.566. The van der Waals surface area contributed by atoms with Gasteiger partial charge in [-0.2, -0.15) is 0 Å². The van der Waals surface area contributed by atoms with Crippen molar-refractivity contribution in [3.05, 3.63) is 47.2 Å². The Labute approximate surface area is 129 Å². The van der Waals surface area contributed by atoms with Crippen LogP contribution in [0.4, 0.5) is 0 Å². The summed E-state index contributed by atoms with van der Waals surface area (Å²) in [5.41, 5.74) is 3.29. The Hall–Kier alpha value is -2.50. The van der Waals surface area contributed by atoms with E-state index in [1.165, 1.54) is 6.33 Å². The number of pyridine rings is 1. The number of aryl methyl sites for hydroxylation is 1. The molecule has 0 saturated carbocycles. The quantitative estimate of drug-likeness (QED) is 0.839. The predicted molar refractivity (Wildman–Crippen MR) is 80.9 cm³/mol. The lowest BCUT2D eigenvalue weighted by Gasteiger charge is -2.19. The SMILES string of the molecule is COc1ncnc2c1CCN(C(=O)c1cccc(C)n1)CC2. The number of ether oxygens (including phenoxy) is 1. The Kier molecular flexibility index (Phi) is 4.00. The lowest BCUT2D eigenvalue weighted by Crippen LogP contribution is -2.33. The van der Waals surface area contributed by atoms with Crippen molar-refractivity contribution < 1.29 is 9.53 Å². The first-order valence-electron chi connectivity index (χ1n) is 7.28. The summed E-state index contributed by atoms with van der Waals surface area (Å²) in [7, 11) is 1.60. The molecule has 0 fully saturated rings. The highest BCUT2D eigenvalue weighted by molar-refractivity contribution is 5.92. The van der Waals surface area contributed by atoms with Gasteiger partial charge in [-0.1, -0.05) is 6.07 Å². The number of nitrogens with zero attached hydrogens (tertiary/aromatic N) is 4. The van der Waals surface area contributed by atoms with Gasteiger partial charge in [0, 0.05) is 30.8 Å². The van der Waals surface area contributed by atoms with Crippen LogP contribution in [-0.2, 0) is 12.8 Å². The van der Waals surface area contributed by atoms with Gasteiger partial charge in [-0.05, 0) is 25.5 Å². The molecular weight excluding hydrogens is 280 g/mol. The Morgan fingerprint density at radius 2 is 2.05 bits per heavy atom. The number of amides is 1. The van der Waals surface area contributed by atoms with Crippen molar-refractivity contribution in [3.63, 3.8) is 0 Å². The first-order chi connectivity index (χ1) is 10.7. The van der Waals surface area contributed by atoms with Crippen molar-refractivity contribution in [2.45, 2.75) is 19.8 Å². The van der Waals surface area contributed by atoms with E-state index in [1.807, 2.05) is 24.0 Å². The molecule has 1 aliphatic heterocycles. The maximum absolute atomic E-state index is 12.6. The van der Waals surface area contributed by atoms with Crippen LogP contribution in [0.2, 0.25) is 0 Å². The summed E-state index contributed by atoms with van der Waals surface area (Å²) in [6, 6.07) is 5.50. The van der Waals surface area contributed by atoms with Crippen LogP contribution in [0.15, 0.2) is 24.5 Å². The highest BCUT2D eigenvalue weighted by Crippen LogP contribution is 2.22. The van der Waals surface area contributed by atoms with Gasteiger partial charge in [0.05, 0.1) is 12.8 Å². The number of hydrogen-bond donors (Lipinski definition) is 0. The highest BCUT2D eigenvalue weighted by atomic mass is 16.5. The number of hydrogen-bond acceptors (Lipinski definition) is 5. The van der Waals surface area contributed by atoms with E-state index in [0.29, 0.717) is 37.5 Å². The van der Waals surface area contributed by atoms with E-state index < -0.39 is 0 Å². The van der Waals surface area contributed by atoms with Crippen molar-refractivity contribution in [1.82, 2.24) is 19.9 Å². The normalized spacial score (nSPS) is 14.2. The molecule has 0 saturated heterocycles. The molecule has 114 valence electrons. The standard InChI is InChI=1S/C16H18N4O2/c1-11-4-3-5-14(19-11)16(21)20-8-6-12-13(7-9-20)17-10-18-15(12)22-2/h3-5,10H,6-9H2,1-2H3. The zero-order valence-corrected chi connectivity index (χ0v) is 12.7.